The van der Waals surface area contributed by atoms with Crippen LogP contribution in [0.3, 0.4) is 0 Å². The molecule has 1 aromatic rings. The van der Waals surface area contributed by atoms with Gasteiger partial charge >= 0.3 is 0 Å². The summed E-state index contributed by atoms with van der Waals surface area (Å²) in [5.41, 5.74) is 6.95. The summed E-state index contributed by atoms with van der Waals surface area (Å²) in [5, 5.41) is 0. The predicted molar refractivity (Wildman–Crippen MR) is 88.8 cm³/mol. The number of para-hydroxylation sites is 1. The van der Waals surface area contributed by atoms with Gasteiger partial charge in [-0.25, -0.2) is 0 Å². The van der Waals surface area contributed by atoms with Crippen LogP contribution in [0.25, 0.3) is 0 Å². The molecule has 0 radical (unpaired) electrons. The zero-order valence-electron chi connectivity index (χ0n) is 13.9. The van der Waals surface area contributed by atoms with Crippen LogP contribution in [0.2, 0.25) is 0 Å². The van der Waals surface area contributed by atoms with E-state index in [-0.39, 0.29) is 17.9 Å². The van der Waals surface area contributed by atoms with Crippen LogP contribution in [-0.2, 0) is 11.2 Å². The van der Waals surface area contributed by atoms with Crippen molar-refractivity contribution in [1.29, 1.82) is 0 Å². The first-order valence-electron chi connectivity index (χ1n) is 8.17. The Kier molecular flexibility index (Phi) is 5.83. The number of rotatable bonds is 6. The van der Waals surface area contributed by atoms with Crippen molar-refractivity contribution in [3.8, 4) is 5.75 Å². The number of methoxy groups -OCH3 is 1. The molecular formula is C18H28N2O2. The summed E-state index contributed by atoms with van der Waals surface area (Å²) in [5.74, 6) is 1.59. The third kappa shape index (κ3) is 3.61. The average Bonchev–Trinajstić information content (AvgIpc) is 3.02. The van der Waals surface area contributed by atoms with E-state index in [1.807, 2.05) is 30.1 Å². The first kappa shape index (κ1) is 16.8. The van der Waals surface area contributed by atoms with Crippen LogP contribution in [0, 0.1) is 11.8 Å². The molecule has 1 saturated carbocycles. The SMILES string of the molecule is COc1ccccc1CC(C)N(C)C(=O)[C@@H]1CCC[C@@H]1CN. The van der Waals surface area contributed by atoms with Crippen LogP contribution in [0.15, 0.2) is 24.3 Å². The fourth-order valence-corrected chi connectivity index (χ4v) is 3.45. The van der Waals surface area contributed by atoms with E-state index in [1.54, 1.807) is 7.11 Å². The Morgan fingerprint density at radius 1 is 1.41 bits per heavy atom. The summed E-state index contributed by atoms with van der Waals surface area (Å²) in [7, 11) is 3.59. The molecule has 0 bridgehead atoms. The standard InChI is InChI=1S/C18H28N2O2/c1-13(11-14-7-4-5-10-17(14)22-3)20(2)18(21)16-9-6-8-15(16)12-19/h4-5,7,10,13,15-16H,6,8-9,11-12,19H2,1-3H3/t13?,15-,16-/m1/s1. The van der Waals surface area contributed by atoms with Gasteiger partial charge < -0.3 is 15.4 Å². The minimum atomic E-state index is 0.107. The molecule has 1 amide bonds. The summed E-state index contributed by atoms with van der Waals surface area (Å²) >= 11 is 0. The third-order valence-corrected chi connectivity index (χ3v) is 5.00. The molecule has 0 saturated heterocycles. The van der Waals surface area contributed by atoms with Crippen LogP contribution in [-0.4, -0.2) is 37.6 Å². The molecule has 1 fully saturated rings. The van der Waals surface area contributed by atoms with Crippen LogP contribution in [0.4, 0.5) is 0 Å². The fourth-order valence-electron chi connectivity index (χ4n) is 3.45. The topological polar surface area (TPSA) is 55.6 Å². The van der Waals surface area contributed by atoms with E-state index >= 15 is 0 Å². The van der Waals surface area contributed by atoms with E-state index in [9.17, 15) is 4.79 Å². The second-order valence-electron chi connectivity index (χ2n) is 6.35. The maximum absolute atomic E-state index is 12.7. The maximum Gasteiger partial charge on any atom is 0.226 e. The van der Waals surface area contributed by atoms with Crippen molar-refractivity contribution >= 4 is 5.91 Å². The number of benzene rings is 1. The van der Waals surface area contributed by atoms with Crippen molar-refractivity contribution in [3.63, 3.8) is 0 Å². The fraction of sp³-hybridized carbons (Fsp3) is 0.611. The van der Waals surface area contributed by atoms with Crippen molar-refractivity contribution in [2.45, 2.75) is 38.6 Å². The van der Waals surface area contributed by atoms with Gasteiger partial charge in [-0.15, -0.1) is 0 Å². The number of amides is 1. The Bertz CT molecular complexity index is 504. The van der Waals surface area contributed by atoms with Gasteiger partial charge in [0.1, 0.15) is 5.75 Å². The van der Waals surface area contributed by atoms with Crippen molar-refractivity contribution < 1.29 is 9.53 Å². The van der Waals surface area contributed by atoms with Gasteiger partial charge in [-0.2, -0.15) is 0 Å². The molecule has 0 aromatic heterocycles. The average molecular weight is 304 g/mol. The predicted octanol–water partition coefficient (Wildman–Crippen LogP) is 2.46. The monoisotopic (exact) mass is 304 g/mol. The number of likely N-dealkylation sites (N-methyl/N-ethyl adjacent to an activating group) is 1. The second kappa shape index (κ2) is 7.63. The van der Waals surface area contributed by atoms with Crippen LogP contribution >= 0.6 is 0 Å². The van der Waals surface area contributed by atoms with E-state index in [0.717, 1.165) is 37.0 Å². The summed E-state index contributed by atoms with van der Waals surface area (Å²) in [6.07, 6.45) is 3.98. The largest absolute Gasteiger partial charge is 0.496 e. The molecule has 1 aliphatic carbocycles. The lowest BCUT2D eigenvalue weighted by Crippen LogP contribution is -2.42. The first-order valence-corrected chi connectivity index (χ1v) is 8.17. The Labute approximate surface area is 133 Å². The Hall–Kier alpha value is -1.55. The number of hydrogen-bond donors (Lipinski definition) is 1. The smallest absolute Gasteiger partial charge is 0.226 e. The van der Waals surface area contributed by atoms with Crippen molar-refractivity contribution in [2.24, 2.45) is 17.6 Å². The number of nitrogens with two attached hydrogens (primary N) is 1. The molecule has 4 nitrogen and oxygen atoms in total. The van der Waals surface area contributed by atoms with E-state index in [1.165, 1.54) is 0 Å². The number of carbonyl (C=O) groups excluding carboxylic acids is 1. The zero-order chi connectivity index (χ0) is 16.1. The molecule has 2 N–H and O–H groups in total. The Morgan fingerprint density at radius 2 is 2.14 bits per heavy atom. The first-order chi connectivity index (χ1) is 10.6. The highest BCUT2D eigenvalue weighted by molar-refractivity contribution is 5.79. The van der Waals surface area contributed by atoms with Crippen molar-refractivity contribution in [3.05, 3.63) is 29.8 Å². The zero-order valence-corrected chi connectivity index (χ0v) is 13.9. The third-order valence-electron chi connectivity index (χ3n) is 5.00. The number of nitrogens with zero attached hydrogens (tertiary/aromatic N) is 1. The summed E-state index contributed by atoms with van der Waals surface area (Å²) in [6, 6.07) is 8.14. The van der Waals surface area contributed by atoms with Crippen LogP contribution in [0.5, 0.6) is 5.75 Å². The van der Waals surface area contributed by atoms with E-state index in [2.05, 4.69) is 13.0 Å². The highest BCUT2D eigenvalue weighted by Crippen LogP contribution is 2.33. The molecule has 2 rings (SSSR count). The van der Waals surface area contributed by atoms with Gasteiger partial charge in [-0.3, -0.25) is 4.79 Å². The molecule has 0 heterocycles. The van der Waals surface area contributed by atoms with Crippen molar-refractivity contribution in [2.75, 3.05) is 20.7 Å². The van der Waals surface area contributed by atoms with Gasteiger partial charge in [0.25, 0.3) is 0 Å². The van der Waals surface area contributed by atoms with Crippen LogP contribution < -0.4 is 10.5 Å². The van der Waals surface area contributed by atoms with Gasteiger partial charge in [0.15, 0.2) is 0 Å². The molecule has 3 atom stereocenters. The Balaban J connectivity index is 2.02. The molecular weight excluding hydrogens is 276 g/mol. The van der Waals surface area contributed by atoms with E-state index in [0.29, 0.717) is 12.5 Å². The molecule has 1 aliphatic rings. The molecule has 4 heteroatoms. The molecule has 0 spiro atoms. The van der Waals surface area contributed by atoms with Gasteiger partial charge in [0.2, 0.25) is 5.91 Å². The highest BCUT2D eigenvalue weighted by atomic mass is 16.5. The normalized spacial score (nSPS) is 22.4. The molecule has 22 heavy (non-hydrogen) atoms. The van der Waals surface area contributed by atoms with Crippen LogP contribution in [0.1, 0.15) is 31.7 Å². The Morgan fingerprint density at radius 3 is 2.82 bits per heavy atom. The minimum Gasteiger partial charge on any atom is -0.496 e. The lowest BCUT2D eigenvalue weighted by Gasteiger charge is -2.30. The van der Waals surface area contributed by atoms with Gasteiger partial charge in [-0.1, -0.05) is 24.6 Å². The maximum atomic E-state index is 12.7. The molecule has 1 aromatic carbocycles. The van der Waals surface area contributed by atoms with Gasteiger partial charge in [0.05, 0.1) is 7.11 Å². The molecule has 0 aliphatic heterocycles. The van der Waals surface area contributed by atoms with E-state index in [4.69, 9.17) is 10.5 Å². The minimum absolute atomic E-state index is 0.107. The van der Waals surface area contributed by atoms with E-state index < -0.39 is 0 Å². The lowest BCUT2D eigenvalue weighted by molar-refractivity contribution is -0.137. The number of ether oxygens (including phenoxy) is 1. The summed E-state index contributed by atoms with van der Waals surface area (Å²) < 4.78 is 5.40. The molecule has 1 unspecified atom stereocenters. The quantitative estimate of drug-likeness (QED) is 0.878. The summed E-state index contributed by atoms with van der Waals surface area (Å²) in [6.45, 7) is 2.71. The number of hydrogen-bond acceptors (Lipinski definition) is 3. The highest BCUT2D eigenvalue weighted by Gasteiger charge is 2.34. The van der Waals surface area contributed by atoms with Gasteiger partial charge in [0, 0.05) is 19.0 Å². The van der Waals surface area contributed by atoms with Gasteiger partial charge in [-0.05, 0) is 50.3 Å². The summed E-state index contributed by atoms with van der Waals surface area (Å²) in [4.78, 5) is 14.6. The van der Waals surface area contributed by atoms with Crippen molar-refractivity contribution in [1.82, 2.24) is 4.90 Å². The lowest BCUT2D eigenvalue weighted by atomic mass is 9.94. The second-order valence-corrected chi connectivity index (χ2v) is 6.35. The molecule has 122 valence electrons. The number of carbonyl (C=O) groups is 1.